The number of benzene rings is 2. The lowest BCUT2D eigenvalue weighted by molar-refractivity contribution is 0.482. The van der Waals surface area contributed by atoms with Crippen LogP contribution < -0.4 is 4.74 Å². The Balaban J connectivity index is 1.62. The third kappa shape index (κ3) is 2.67. The monoisotopic (exact) mass is 302 g/mol. The standard InChI is InChI=1S/C18H14N4O/c19-12-17-18(13-6-7-13)22(21-20-17)14-8-10-16(11-9-14)23-15-4-2-1-3-5-15/h1-5,8-11,13H,6-7H2. The van der Waals surface area contributed by atoms with Gasteiger partial charge in [-0.15, -0.1) is 5.10 Å². The molecule has 1 fully saturated rings. The molecule has 0 unspecified atom stereocenters. The van der Waals surface area contributed by atoms with E-state index in [9.17, 15) is 5.26 Å². The number of ether oxygens (including phenoxy) is 1. The minimum absolute atomic E-state index is 0.403. The van der Waals surface area contributed by atoms with Crippen LogP contribution in [0.1, 0.15) is 30.1 Å². The van der Waals surface area contributed by atoms with E-state index >= 15 is 0 Å². The molecule has 5 nitrogen and oxygen atoms in total. The van der Waals surface area contributed by atoms with Crippen LogP contribution in [0.4, 0.5) is 0 Å². The van der Waals surface area contributed by atoms with Gasteiger partial charge in [0.2, 0.25) is 0 Å². The molecule has 0 aliphatic heterocycles. The molecule has 3 aromatic rings. The van der Waals surface area contributed by atoms with E-state index in [0.717, 1.165) is 35.7 Å². The van der Waals surface area contributed by atoms with Gasteiger partial charge in [-0.3, -0.25) is 0 Å². The lowest BCUT2D eigenvalue weighted by Crippen LogP contribution is -2.02. The van der Waals surface area contributed by atoms with Crippen LogP contribution >= 0.6 is 0 Å². The van der Waals surface area contributed by atoms with Gasteiger partial charge in [-0.25, -0.2) is 4.68 Å². The number of aromatic nitrogens is 3. The molecule has 23 heavy (non-hydrogen) atoms. The highest BCUT2D eigenvalue weighted by atomic mass is 16.5. The van der Waals surface area contributed by atoms with Crippen molar-refractivity contribution < 1.29 is 4.74 Å². The van der Waals surface area contributed by atoms with E-state index in [1.165, 1.54) is 0 Å². The predicted molar refractivity (Wildman–Crippen MR) is 84.6 cm³/mol. The van der Waals surface area contributed by atoms with Crippen molar-refractivity contribution in [3.8, 4) is 23.3 Å². The Labute approximate surface area is 133 Å². The van der Waals surface area contributed by atoms with Crippen molar-refractivity contribution in [2.45, 2.75) is 18.8 Å². The van der Waals surface area contributed by atoms with Crippen LogP contribution in [-0.4, -0.2) is 15.0 Å². The van der Waals surface area contributed by atoms with Crippen LogP contribution in [0.5, 0.6) is 11.5 Å². The van der Waals surface area contributed by atoms with E-state index in [1.807, 2.05) is 54.6 Å². The van der Waals surface area contributed by atoms with Crippen molar-refractivity contribution in [2.24, 2.45) is 0 Å². The molecule has 2 aromatic carbocycles. The summed E-state index contributed by atoms with van der Waals surface area (Å²) in [6, 6.07) is 19.4. The molecule has 1 heterocycles. The molecule has 0 saturated heterocycles. The second-order valence-corrected chi connectivity index (χ2v) is 5.53. The summed E-state index contributed by atoms with van der Waals surface area (Å²) < 4.78 is 7.55. The van der Waals surface area contributed by atoms with Crippen molar-refractivity contribution in [1.29, 1.82) is 5.26 Å². The Morgan fingerprint density at radius 1 is 1.00 bits per heavy atom. The summed E-state index contributed by atoms with van der Waals surface area (Å²) in [5, 5.41) is 17.3. The minimum atomic E-state index is 0.403. The molecular weight excluding hydrogens is 288 g/mol. The molecule has 0 spiro atoms. The Kier molecular flexibility index (Phi) is 3.28. The van der Waals surface area contributed by atoms with Gasteiger partial charge >= 0.3 is 0 Å². The topological polar surface area (TPSA) is 63.7 Å². The minimum Gasteiger partial charge on any atom is -0.457 e. The molecule has 4 rings (SSSR count). The van der Waals surface area contributed by atoms with E-state index in [1.54, 1.807) is 4.68 Å². The predicted octanol–water partition coefficient (Wildman–Crippen LogP) is 3.81. The van der Waals surface area contributed by atoms with Crippen molar-refractivity contribution in [3.05, 3.63) is 66.0 Å². The molecule has 1 aliphatic carbocycles. The van der Waals surface area contributed by atoms with Gasteiger partial charge in [-0.05, 0) is 49.2 Å². The third-order valence-corrected chi connectivity index (χ3v) is 3.84. The Bertz CT molecular complexity index is 858. The van der Waals surface area contributed by atoms with Gasteiger partial charge < -0.3 is 4.74 Å². The molecule has 0 atom stereocenters. The van der Waals surface area contributed by atoms with Gasteiger partial charge in [-0.1, -0.05) is 23.4 Å². The smallest absolute Gasteiger partial charge is 0.186 e. The van der Waals surface area contributed by atoms with Gasteiger partial charge in [0, 0.05) is 5.92 Å². The van der Waals surface area contributed by atoms with Gasteiger partial charge in [0.05, 0.1) is 11.4 Å². The number of rotatable bonds is 4. The highest BCUT2D eigenvalue weighted by Crippen LogP contribution is 2.41. The first-order valence-electron chi connectivity index (χ1n) is 7.54. The van der Waals surface area contributed by atoms with E-state index in [0.29, 0.717) is 11.6 Å². The maximum Gasteiger partial charge on any atom is 0.186 e. The quantitative estimate of drug-likeness (QED) is 0.735. The summed E-state index contributed by atoms with van der Waals surface area (Å²) in [4.78, 5) is 0. The number of nitriles is 1. The Morgan fingerprint density at radius 3 is 2.35 bits per heavy atom. The molecule has 0 bridgehead atoms. The molecular formula is C18H14N4O. The fourth-order valence-electron chi connectivity index (χ4n) is 2.56. The largest absolute Gasteiger partial charge is 0.457 e. The van der Waals surface area contributed by atoms with Crippen LogP contribution in [-0.2, 0) is 0 Å². The number of hydrogen-bond donors (Lipinski definition) is 0. The van der Waals surface area contributed by atoms with Crippen molar-refractivity contribution in [2.75, 3.05) is 0 Å². The van der Waals surface area contributed by atoms with E-state index in [-0.39, 0.29) is 0 Å². The molecule has 112 valence electrons. The van der Waals surface area contributed by atoms with Gasteiger partial charge in [0.25, 0.3) is 0 Å². The Morgan fingerprint density at radius 2 is 1.70 bits per heavy atom. The Hall–Kier alpha value is -3.13. The van der Waals surface area contributed by atoms with Crippen molar-refractivity contribution >= 4 is 0 Å². The fraction of sp³-hybridized carbons (Fsp3) is 0.167. The molecule has 1 aliphatic rings. The normalized spacial score (nSPS) is 13.5. The fourth-order valence-corrected chi connectivity index (χ4v) is 2.56. The molecule has 5 heteroatoms. The number of hydrogen-bond acceptors (Lipinski definition) is 4. The van der Waals surface area contributed by atoms with Crippen LogP contribution in [0.2, 0.25) is 0 Å². The highest BCUT2D eigenvalue weighted by molar-refractivity contribution is 5.43. The van der Waals surface area contributed by atoms with Crippen LogP contribution in [0.3, 0.4) is 0 Å². The highest BCUT2D eigenvalue weighted by Gasteiger charge is 2.31. The average Bonchev–Trinajstić information content (AvgIpc) is 3.35. The summed E-state index contributed by atoms with van der Waals surface area (Å²) in [6.07, 6.45) is 2.19. The van der Waals surface area contributed by atoms with Crippen LogP contribution in [0.25, 0.3) is 5.69 Å². The first-order valence-corrected chi connectivity index (χ1v) is 7.54. The lowest BCUT2D eigenvalue weighted by Gasteiger charge is -2.08. The molecule has 0 amide bonds. The van der Waals surface area contributed by atoms with E-state index < -0.39 is 0 Å². The molecule has 1 aromatic heterocycles. The van der Waals surface area contributed by atoms with Gasteiger partial charge in [0.15, 0.2) is 5.69 Å². The van der Waals surface area contributed by atoms with E-state index in [4.69, 9.17) is 4.74 Å². The summed E-state index contributed by atoms with van der Waals surface area (Å²) in [5.41, 5.74) is 2.24. The third-order valence-electron chi connectivity index (χ3n) is 3.84. The zero-order chi connectivity index (χ0) is 15.6. The SMILES string of the molecule is N#Cc1nnn(-c2ccc(Oc3ccccc3)cc2)c1C1CC1. The molecule has 1 saturated carbocycles. The second kappa shape index (κ2) is 5.58. The summed E-state index contributed by atoms with van der Waals surface area (Å²) in [5.74, 6) is 1.96. The van der Waals surface area contributed by atoms with E-state index in [2.05, 4.69) is 16.4 Å². The first kappa shape index (κ1) is 13.5. The zero-order valence-electron chi connectivity index (χ0n) is 12.4. The number of nitrogens with zero attached hydrogens (tertiary/aromatic N) is 4. The maximum atomic E-state index is 9.18. The second-order valence-electron chi connectivity index (χ2n) is 5.53. The summed E-state index contributed by atoms with van der Waals surface area (Å²) in [7, 11) is 0. The summed E-state index contributed by atoms with van der Waals surface area (Å²) >= 11 is 0. The zero-order valence-corrected chi connectivity index (χ0v) is 12.4. The number of para-hydroxylation sites is 1. The van der Waals surface area contributed by atoms with Gasteiger partial charge in [0.1, 0.15) is 17.6 Å². The van der Waals surface area contributed by atoms with Crippen LogP contribution in [0, 0.1) is 11.3 Å². The van der Waals surface area contributed by atoms with Crippen molar-refractivity contribution in [1.82, 2.24) is 15.0 Å². The average molecular weight is 302 g/mol. The van der Waals surface area contributed by atoms with Crippen LogP contribution in [0.15, 0.2) is 54.6 Å². The van der Waals surface area contributed by atoms with Gasteiger partial charge in [-0.2, -0.15) is 5.26 Å². The van der Waals surface area contributed by atoms with Crippen molar-refractivity contribution in [3.63, 3.8) is 0 Å². The first-order chi connectivity index (χ1) is 11.3. The summed E-state index contributed by atoms with van der Waals surface area (Å²) in [6.45, 7) is 0. The molecule has 0 N–H and O–H groups in total. The molecule has 0 radical (unpaired) electrons. The maximum absolute atomic E-state index is 9.18. The lowest BCUT2D eigenvalue weighted by atomic mass is 10.2.